The van der Waals surface area contributed by atoms with E-state index in [9.17, 15) is 13.6 Å². The van der Waals surface area contributed by atoms with Gasteiger partial charge in [-0.1, -0.05) is 0 Å². The Morgan fingerprint density at radius 2 is 1.89 bits per heavy atom. The van der Waals surface area contributed by atoms with Crippen LogP contribution in [0.15, 0.2) is 36.7 Å². The van der Waals surface area contributed by atoms with Crippen LogP contribution in [0.5, 0.6) is 0 Å². The van der Waals surface area contributed by atoms with E-state index in [-0.39, 0.29) is 11.5 Å². The molecule has 1 amide bonds. The molecule has 1 aliphatic rings. The van der Waals surface area contributed by atoms with Crippen LogP contribution in [0.4, 0.5) is 8.78 Å². The SMILES string of the molecule is Cc1cc(-c2nccn2C)nc(C2CCN(C(=O)c3cc(F)cc(F)c3)C2)n1. The van der Waals surface area contributed by atoms with E-state index in [0.29, 0.717) is 25.3 Å². The number of nitrogens with zero attached hydrogens (tertiary/aromatic N) is 5. The summed E-state index contributed by atoms with van der Waals surface area (Å²) < 4.78 is 28.8. The molecular weight excluding hydrogens is 364 g/mol. The van der Waals surface area contributed by atoms with Crippen molar-refractivity contribution < 1.29 is 13.6 Å². The lowest BCUT2D eigenvalue weighted by Gasteiger charge is -2.17. The van der Waals surface area contributed by atoms with Gasteiger partial charge in [0.2, 0.25) is 0 Å². The highest BCUT2D eigenvalue weighted by atomic mass is 19.1. The van der Waals surface area contributed by atoms with Gasteiger partial charge >= 0.3 is 0 Å². The van der Waals surface area contributed by atoms with Gasteiger partial charge < -0.3 is 9.47 Å². The van der Waals surface area contributed by atoms with E-state index < -0.39 is 17.5 Å². The fraction of sp³-hybridized carbons (Fsp3) is 0.300. The third kappa shape index (κ3) is 3.49. The largest absolute Gasteiger partial charge is 0.338 e. The Hall–Kier alpha value is -3.16. The number of halogens is 2. The summed E-state index contributed by atoms with van der Waals surface area (Å²) in [4.78, 5) is 27.8. The number of rotatable bonds is 3. The van der Waals surface area contributed by atoms with Gasteiger partial charge in [0.1, 0.15) is 23.2 Å². The van der Waals surface area contributed by atoms with Gasteiger partial charge in [0, 0.05) is 55.8 Å². The second-order valence-corrected chi connectivity index (χ2v) is 7.01. The normalized spacial score (nSPS) is 16.6. The first-order valence-electron chi connectivity index (χ1n) is 8.99. The van der Waals surface area contributed by atoms with Gasteiger partial charge in [-0.15, -0.1) is 0 Å². The molecule has 2 aromatic heterocycles. The van der Waals surface area contributed by atoms with Crippen molar-refractivity contribution in [3.63, 3.8) is 0 Å². The molecule has 0 N–H and O–H groups in total. The lowest BCUT2D eigenvalue weighted by molar-refractivity contribution is 0.0789. The summed E-state index contributed by atoms with van der Waals surface area (Å²) in [6, 6.07) is 4.74. The Labute approximate surface area is 160 Å². The van der Waals surface area contributed by atoms with Crippen molar-refractivity contribution in [2.75, 3.05) is 13.1 Å². The molecule has 0 aliphatic carbocycles. The second kappa shape index (κ2) is 7.10. The predicted octanol–water partition coefficient (Wildman–Crippen LogP) is 3.09. The fourth-order valence-corrected chi connectivity index (χ4v) is 3.52. The maximum atomic E-state index is 13.4. The van der Waals surface area contributed by atoms with Crippen LogP contribution in [0.1, 0.15) is 34.2 Å². The maximum absolute atomic E-state index is 13.4. The maximum Gasteiger partial charge on any atom is 0.254 e. The van der Waals surface area contributed by atoms with Crippen molar-refractivity contribution in [1.82, 2.24) is 24.4 Å². The van der Waals surface area contributed by atoms with Crippen molar-refractivity contribution in [2.24, 2.45) is 7.05 Å². The number of amides is 1. The number of aromatic nitrogens is 4. The summed E-state index contributed by atoms with van der Waals surface area (Å²) in [6.45, 7) is 2.78. The molecule has 144 valence electrons. The number of carbonyl (C=O) groups is 1. The molecule has 8 heteroatoms. The van der Waals surface area contributed by atoms with Crippen molar-refractivity contribution in [2.45, 2.75) is 19.3 Å². The van der Waals surface area contributed by atoms with Crippen LogP contribution in [-0.2, 0) is 7.05 Å². The summed E-state index contributed by atoms with van der Waals surface area (Å²) in [5.74, 6) is -0.563. The molecule has 1 aliphatic heterocycles. The van der Waals surface area contributed by atoms with E-state index in [2.05, 4.69) is 15.0 Å². The quantitative estimate of drug-likeness (QED) is 0.697. The van der Waals surface area contributed by atoms with E-state index in [1.165, 1.54) is 0 Å². The number of carbonyl (C=O) groups excluding carboxylic acids is 1. The molecule has 28 heavy (non-hydrogen) atoms. The highest BCUT2D eigenvalue weighted by Gasteiger charge is 2.30. The topological polar surface area (TPSA) is 63.9 Å². The van der Waals surface area contributed by atoms with E-state index in [1.807, 2.05) is 30.8 Å². The fourth-order valence-electron chi connectivity index (χ4n) is 3.52. The third-order valence-corrected chi connectivity index (χ3v) is 4.87. The number of aryl methyl sites for hydroxylation is 2. The molecule has 1 unspecified atom stereocenters. The van der Waals surface area contributed by atoms with E-state index in [0.717, 1.165) is 35.4 Å². The van der Waals surface area contributed by atoms with Gasteiger partial charge in [0.05, 0.1) is 0 Å². The molecule has 1 saturated heterocycles. The standard InChI is InChI=1S/C20H19F2N5O/c1-12-7-17(19-23-4-6-26(19)2)25-18(24-12)13-3-5-27(11-13)20(28)14-8-15(21)10-16(22)9-14/h4,6-10,13H,3,5,11H2,1-2H3. The zero-order chi connectivity index (χ0) is 19.8. The first kappa shape index (κ1) is 18.2. The van der Waals surface area contributed by atoms with Crippen LogP contribution in [0.25, 0.3) is 11.5 Å². The van der Waals surface area contributed by atoms with Crippen LogP contribution in [0.2, 0.25) is 0 Å². The lowest BCUT2D eigenvalue weighted by Crippen LogP contribution is -2.28. The molecule has 0 spiro atoms. The van der Waals surface area contributed by atoms with Crippen LogP contribution in [0.3, 0.4) is 0 Å². The molecule has 1 fully saturated rings. The van der Waals surface area contributed by atoms with Crippen LogP contribution in [-0.4, -0.2) is 43.4 Å². The average molecular weight is 383 g/mol. The Morgan fingerprint density at radius 3 is 2.57 bits per heavy atom. The zero-order valence-corrected chi connectivity index (χ0v) is 15.6. The zero-order valence-electron chi connectivity index (χ0n) is 15.6. The molecule has 4 rings (SSSR count). The smallest absolute Gasteiger partial charge is 0.254 e. The van der Waals surface area contributed by atoms with Gasteiger partial charge in [-0.3, -0.25) is 4.79 Å². The molecule has 0 saturated carbocycles. The number of hydrogen-bond donors (Lipinski definition) is 0. The number of benzene rings is 1. The Balaban J connectivity index is 1.57. The summed E-state index contributed by atoms with van der Waals surface area (Å²) in [7, 11) is 1.90. The number of likely N-dealkylation sites (tertiary alicyclic amines) is 1. The summed E-state index contributed by atoms with van der Waals surface area (Å²) >= 11 is 0. The predicted molar refractivity (Wildman–Crippen MR) is 98.6 cm³/mol. The number of hydrogen-bond acceptors (Lipinski definition) is 4. The third-order valence-electron chi connectivity index (χ3n) is 4.87. The van der Waals surface area contributed by atoms with Gasteiger partial charge in [0.15, 0.2) is 5.82 Å². The molecule has 3 heterocycles. The monoisotopic (exact) mass is 383 g/mol. The Bertz CT molecular complexity index is 1030. The molecule has 1 atom stereocenters. The molecule has 0 bridgehead atoms. The number of imidazole rings is 1. The van der Waals surface area contributed by atoms with Crippen LogP contribution in [0, 0.1) is 18.6 Å². The van der Waals surface area contributed by atoms with Gasteiger partial charge in [-0.05, 0) is 31.5 Å². The van der Waals surface area contributed by atoms with Gasteiger partial charge in [-0.25, -0.2) is 23.7 Å². The highest BCUT2D eigenvalue weighted by Crippen LogP contribution is 2.28. The summed E-state index contributed by atoms with van der Waals surface area (Å²) in [6.07, 6.45) is 4.24. The van der Waals surface area contributed by atoms with E-state index >= 15 is 0 Å². The van der Waals surface area contributed by atoms with Crippen LogP contribution >= 0.6 is 0 Å². The second-order valence-electron chi connectivity index (χ2n) is 7.01. The minimum absolute atomic E-state index is 0.0111. The minimum Gasteiger partial charge on any atom is -0.338 e. The lowest BCUT2D eigenvalue weighted by atomic mass is 10.1. The van der Waals surface area contributed by atoms with E-state index in [4.69, 9.17) is 0 Å². The molecular formula is C20H19F2N5O. The molecule has 1 aromatic carbocycles. The van der Waals surface area contributed by atoms with Gasteiger partial charge in [0.25, 0.3) is 5.91 Å². The van der Waals surface area contributed by atoms with Crippen molar-refractivity contribution in [3.8, 4) is 11.5 Å². The molecule has 0 radical (unpaired) electrons. The van der Waals surface area contributed by atoms with E-state index in [1.54, 1.807) is 11.1 Å². The minimum atomic E-state index is -0.763. The van der Waals surface area contributed by atoms with Gasteiger partial charge in [-0.2, -0.15) is 0 Å². The van der Waals surface area contributed by atoms with Crippen LogP contribution < -0.4 is 0 Å². The van der Waals surface area contributed by atoms with Crippen molar-refractivity contribution in [3.05, 3.63) is 65.4 Å². The summed E-state index contributed by atoms with van der Waals surface area (Å²) in [5.41, 5.74) is 1.56. The Morgan fingerprint density at radius 1 is 1.14 bits per heavy atom. The van der Waals surface area contributed by atoms with Crippen molar-refractivity contribution >= 4 is 5.91 Å². The highest BCUT2D eigenvalue weighted by molar-refractivity contribution is 5.94. The average Bonchev–Trinajstić information content (AvgIpc) is 3.29. The summed E-state index contributed by atoms with van der Waals surface area (Å²) in [5, 5.41) is 0. The molecule has 3 aromatic rings. The first-order valence-corrected chi connectivity index (χ1v) is 8.99. The first-order chi connectivity index (χ1) is 13.4. The molecule has 6 nitrogen and oxygen atoms in total. The van der Waals surface area contributed by atoms with Crippen molar-refractivity contribution in [1.29, 1.82) is 0 Å². The Kier molecular flexibility index (Phi) is 4.62.